The molecule has 0 unspecified atom stereocenters. The van der Waals surface area contributed by atoms with Gasteiger partial charge in [-0.1, -0.05) is 32.0 Å². The Labute approximate surface area is 127 Å². The van der Waals surface area contributed by atoms with Crippen LogP contribution >= 0.6 is 0 Å². The number of benzene rings is 1. The van der Waals surface area contributed by atoms with E-state index in [1.54, 1.807) is 0 Å². The Morgan fingerprint density at radius 3 is 2.71 bits per heavy atom. The number of hydrogen-bond donors (Lipinski definition) is 1. The zero-order chi connectivity index (χ0) is 15.2. The smallest absolute Gasteiger partial charge is 0.225 e. The van der Waals surface area contributed by atoms with Crippen LogP contribution in [0.15, 0.2) is 18.2 Å². The minimum Gasteiger partial charge on any atom is -0.379 e. The van der Waals surface area contributed by atoms with Crippen molar-refractivity contribution in [1.29, 1.82) is 0 Å². The van der Waals surface area contributed by atoms with E-state index < -0.39 is 0 Å². The van der Waals surface area contributed by atoms with Crippen molar-refractivity contribution < 1.29 is 9.53 Å². The molecule has 4 heteroatoms. The number of carbonyl (C=O) groups excluding carboxylic acids is 1. The van der Waals surface area contributed by atoms with Gasteiger partial charge in [0.25, 0.3) is 0 Å². The molecule has 1 heterocycles. The number of hydrogen-bond acceptors (Lipinski definition) is 3. The van der Waals surface area contributed by atoms with Crippen LogP contribution < -0.4 is 5.32 Å². The molecule has 116 valence electrons. The van der Waals surface area contributed by atoms with Gasteiger partial charge in [-0.2, -0.15) is 0 Å². The van der Waals surface area contributed by atoms with Gasteiger partial charge in [0.15, 0.2) is 0 Å². The van der Waals surface area contributed by atoms with Gasteiger partial charge in [0.1, 0.15) is 0 Å². The van der Waals surface area contributed by atoms with Crippen LogP contribution in [0.1, 0.15) is 37.3 Å². The first-order valence-electron chi connectivity index (χ1n) is 7.77. The SMILES string of the molecule is Cc1cccc(C(C)C)c1NC(=O)CCN1CCOCC1. The molecule has 1 aromatic rings. The van der Waals surface area contributed by atoms with Gasteiger partial charge in [-0.25, -0.2) is 0 Å². The Kier molecular flexibility index (Phi) is 5.76. The molecule has 0 aromatic heterocycles. The lowest BCUT2D eigenvalue weighted by Gasteiger charge is -2.26. The number of rotatable bonds is 5. The van der Waals surface area contributed by atoms with E-state index in [0.29, 0.717) is 12.3 Å². The molecule has 1 N–H and O–H groups in total. The van der Waals surface area contributed by atoms with Crippen molar-refractivity contribution in [2.75, 3.05) is 38.2 Å². The number of nitrogens with one attached hydrogen (secondary N) is 1. The zero-order valence-corrected chi connectivity index (χ0v) is 13.3. The van der Waals surface area contributed by atoms with E-state index in [4.69, 9.17) is 4.74 Å². The molecule has 1 aliphatic rings. The fourth-order valence-corrected chi connectivity index (χ4v) is 2.63. The van der Waals surface area contributed by atoms with Crippen LogP contribution in [0.25, 0.3) is 0 Å². The largest absolute Gasteiger partial charge is 0.379 e. The summed E-state index contributed by atoms with van der Waals surface area (Å²) in [5.74, 6) is 0.497. The Bertz CT molecular complexity index is 480. The van der Waals surface area contributed by atoms with Crippen LogP contribution in [-0.2, 0) is 9.53 Å². The highest BCUT2D eigenvalue weighted by Crippen LogP contribution is 2.27. The van der Waals surface area contributed by atoms with Gasteiger partial charge in [0.05, 0.1) is 13.2 Å². The monoisotopic (exact) mass is 290 g/mol. The van der Waals surface area contributed by atoms with E-state index in [1.807, 2.05) is 19.1 Å². The van der Waals surface area contributed by atoms with Crippen molar-refractivity contribution in [3.8, 4) is 0 Å². The Morgan fingerprint density at radius 1 is 1.33 bits per heavy atom. The molecular formula is C17H26N2O2. The average Bonchev–Trinajstić information content (AvgIpc) is 2.48. The molecule has 0 aliphatic carbocycles. The van der Waals surface area contributed by atoms with Crippen LogP contribution in [0.3, 0.4) is 0 Å². The van der Waals surface area contributed by atoms with Gasteiger partial charge >= 0.3 is 0 Å². The second-order valence-electron chi connectivity index (χ2n) is 5.95. The van der Waals surface area contributed by atoms with E-state index in [1.165, 1.54) is 5.56 Å². The lowest BCUT2D eigenvalue weighted by molar-refractivity contribution is -0.116. The summed E-state index contributed by atoms with van der Waals surface area (Å²) in [6, 6.07) is 6.19. The van der Waals surface area contributed by atoms with Gasteiger partial charge < -0.3 is 10.1 Å². The summed E-state index contributed by atoms with van der Waals surface area (Å²) in [4.78, 5) is 14.5. The minimum atomic E-state index is 0.0951. The van der Waals surface area contributed by atoms with Crippen molar-refractivity contribution in [1.82, 2.24) is 4.90 Å². The second kappa shape index (κ2) is 7.57. The zero-order valence-electron chi connectivity index (χ0n) is 13.3. The third kappa shape index (κ3) is 4.55. The first-order chi connectivity index (χ1) is 10.1. The highest BCUT2D eigenvalue weighted by molar-refractivity contribution is 5.92. The molecule has 1 aromatic carbocycles. The van der Waals surface area contributed by atoms with Crippen LogP contribution in [0.5, 0.6) is 0 Å². The fourth-order valence-electron chi connectivity index (χ4n) is 2.63. The van der Waals surface area contributed by atoms with Gasteiger partial charge in [0.2, 0.25) is 5.91 Å². The predicted octanol–water partition coefficient (Wildman–Crippen LogP) is 2.78. The molecule has 4 nitrogen and oxygen atoms in total. The molecule has 0 saturated carbocycles. The number of ether oxygens (including phenoxy) is 1. The first kappa shape index (κ1) is 16.0. The molecule has 1 fully saturated rings. The van der Waals surface area contributed by atoms with Crippen LogP contribution in [0, 0.1) is 6.92 Å². The Balaban J connectivity index is 1.93. The second-order valence-corrected chi connectivity index (χ2v) is 5.95. The maximum Gasteiger partial charge on any atom is 0.225 e. The number of nitrogens with zero attached hydrogens (tertiary/aromatic N) is 1. The van der Waals surface area contributed by atoms with Crippen molar-refractivity contribution in [3.05, 3.63) is 29.3 Å². The van der Waals surface area contributed by atoms with Crippen LogP contribution in [0.4, 0.5) is 5.69 Å². The summed E-state index contributed by atoms with van der Waals surface area (Å²) in [5.41, 5.74) is 3.31. The van der Waals surface area contributed by atoms with E-state index in [9.17, 15) is 4.79 Å². The summed E-state index contributed by atoms with van der Waals surface area (Å²) in [5, 5.41) is 3.10. The summed E-state index contributed by atoms with van der Waals surface area (Å²) in [6.07, 6.45) is 0.534. The topological polar surface area (TPSA) is 41.6 Å². The first-order valence-corrected chi connectivity index (χ1v) is 7.77. The summed E-state index contributed by atoms with van der Waals surface area (Å²) in [7, 11) is 0. The van der Waals surface area contributed by atoms with Crippen molar-refractivity contribution in [2.24, 2.45) is 0 Å². The highest BCUT2D eigenvalue weighted by atomic mass is 16.5. The van der Waals surface area contributed by atoms with E-state index >= 15 is 0 Å². The van der Waals surface area contributed by atoms with Gasteiger partial charge in [-0.15, -0.1) is 0 Å². The molecule has 0 atom stereocenters. The van der Waals surface area contributed by atoms with Gasteiger partial charge in [0, 0.05) is 31.7 Å². The van der Waals surface area contributed by atoms with Gasteiger partial charge in [-0.3, -0.25) is 9.69 Å². The average molecular weight is 290 g/mol. The van der Waals surface area contributed by atoms with Crippen molar-refractivity contribution in [3.63, 3.8) is 0 Å². The molecule has 1 amide bonds. The fraction of sp³-hybridized carbons (Fsp3) is 0.588. The maximum absolute atomic E-state index is 12.2. The third-order valence-corrected chi connectivity index (χ3v) is 3.95. The normalized spacial score (nSPS) is 16.2. The molecule has 0 spiro atoms. The molecule has 1 saturated heterocycles. The molecule has 1 aliphatic heterocycles. The Hall–Kier alpha value is -1.39. The number of anilines is 1. The molecule has 0 bridgehead atoms. The number of carbonyl (C=O) groups is 1. The van der Waals surface area contributed by atoms with Gasteiger partial charge in [-0.05, 0) is 24.0 Å². The van der Waals surface area contributed by atoms with Crippen molar-refractivity contribution in [2.45, 2.75) is 33.1 Å². The van der Waals surface area contributed by atoms with E-state index in [2.05, 4.69) is 30.1 Å². The number of amides is 1. The van der Waals surface area contributed by atoms with Crippen LogP contribution in [0.2, 0.25) is 0 Å². The summed E-state index contributed by atoms with van der Waals surface area (Å²) < 4.78 is 5.32. The lowest BCUT2D eigenvalue weighted by atomic mass is 9.98. The summed E-state index contributed by atoms with van der Waals surface area (Å²) in [6.45, 7) is 10.6. The number of morpholine rings is 1. The highest BCUT2D eigenvalue weighted by Gasteiger charge is 2.14. The van der Waals surface area contributed by atoms with E-state index in [0.717, 1.165) is 44.1 Å². The lowest BCUT2D eigenvalue weighted by Crippen LogP contribution is -2.38. The molecule has 0 radical (unpaired) electrons. The van der Waals surface area contributed by atoms with Crippen molar-refractivity contribution >= 4 is 11.6 Å². The number of para-hydroxylation sites is 1. The molecule has 2 rings (SSSR count). The summed E-state index contributed by atoms with van der Waals surface area (Å²) >= 11 is 0. The maximum atomic E-state index is 12.2. The molecule has 21 heavy (non-hydrogen) atoms. The van der Waals surface area contributed by atoms with E-state index in [-0.39, 0.29) is 5.91 Å². The van der Waals surface area contributed by atoms with Crippen LogP contribution in [-0.4, -0.2) is 43.7 Å². The molecular weight excluding hydrogens is 264 g/mol. The quantitative estimate of drug-likeness (QED) is 0.906. The predicted molar refractivity (Wildman–Crippen MR) is 85.8 cm³/mol. The third-order valence-electron chi connectivity index (χ3n) is 3.95. The number of aryl methyl sites for hydroxylation is 1. The standard InChI is InChI=1S/C17H26N2O2/c1-13(2)15-6-4-5-14(3)17(15)18-16(20)7-8-19-9-11-21-12-10-19/h4-6,13H,7-12H2,1-3H3,(H,18,20). The minimum absolute atomic E-state index is 0.0951. The Morgan fingerprint density at radius 2 is 2.05 bits per heavy atom.